The van der Waals surface area contributed by atoms with E-state index in [1.165, 1.54) is 0 Å². The summed E-state index contributed by atoms with van der Waals surface area (Å²) in [4.78, 5) is 4.23. The maximum Gasteiger partial charge on any atom is 0.299 e. The van der Waals surface area contributed by atoms with E-state index in [-0.39, 0.29) is 6.01 Å². The molecule has 0 fully saturated rings. The third-order valence-electron chi connectivity index (χ3n) is 4.43. The number of nitrogens with one attached hydrogen (secondary N) is 3. The van der Waals surface area contributed by atoms with Crippen molar-refractivity contribution in [1.82, 2.24) is 25.5 Å². The molecule has 138 valence electrons. The van der Waals surface area contributed by atoms with E-state index in [1.54, 1.807) is 4.57 Å². The van der Waals surface area contributed by atoms with Gasteiger partial charge in [-0.15, -0.1) is 0 Å². The first-order valence-electron chi connectivity index (χ1n) is 9.17. The molecule has 0 saturated heterocycles. The number of imidazole rings is 1. The van der Waals surface area contributed by atoms with E-state index in [0.29, 0.717) is 0 Å². The van der Waals surface area contributed by atoms with Gasteiger partial charge in [-0.1, -0.05) is 45.0 Å². The van der Waals surface area contributed by atoms with E-state index in [9.17, 15) is 5.11 Å². The Bertz CT molecular complexity index is 839. The lowest BCUT2D eigenvalue weighted by molar-refractivity contribution is 0.211. The molecular formula is C20H27N5O. The molecule has 0 aliphatic carbocycles. The predicted molar refractivity (Wildman–Crippen MR) is 105 cm³/mol. The van der Waals surface area contributed by atoms with E-state index in [2.05, 4.69) is 53.8 Å². The molecule has 0 unspecified atom stereocenters. The predicted octanol–water partition coefficient (Wildman–Crippen LogP) is 2.67. The van der Waals surface area contributed by atoms with Gasteiger partial charge in [0.2, 0.25) is 0 Å². The van der Waals surface area contributed by atoms with Crippen LogP contribution in [0.3, 0.4) is 0 Å². The summed E-state index contributed by atoms with van der Waals surface area (Å²) in [5, 5.41) is 20.8. The van der Waals surface area contributed by atoms with E-state index in [1.807, 2.05) is 36.4 Å². The highest BCUT2D eigenvalue weighted by Gasteiger charge is 2.29. The van der Waals surface area contributed by atoms with Crippen LogP contribution in [0, 0.1) is 0 Å². The smallest absolute Gasteiger partial charge is 0.299 e. The van der Waals surface area contributed by atoms with Crippen LogP contribution >= 0.6 is 0 Å². The molecule has 6 heteroatoms. The zero-order chi connectivity index (χ0) is 18.6. The maximum absolute atomic E-state index is 10.3. The molecule has 1 heterocycles. The van der Waals surface area contributed by atoms with Crippen molar-refractivity contribution >= 4 is 11.0 Å². The average Bonchev–Trinajstić information content (AvgIpc) is 2.98. The number of rotatable bonds is 8. The Morgan fingerprint density at radius 2 is 1.46 bits per heavy atom. The molecule has 0 amide bonds. The summed E-state index contributed by atoms with van der Waals surface area (Å²) in [5.41, 5.74) is 3.62. The first-order valence-corrected chi connectivity index (χ1v) is 9.17. The Hall–Kier alpha value is -2.41. The van der Waals surface area contributed by atoms with Crippen molar-refractivity contribution in [3.8, 4) is 11.7 Å². The molecular weight excluding hydrogens is 326 g/mol. The molecule has 0 bridgehead atoms. The number of aromatic nitrogens is 2. The summed E-state index contributed by atoms with van der Waals surface area (Å²) >= 11 is 0. The Morgan fingerprint density at radius 1 is 0.885 bits per heavy atom. The number of nitrogens with zero attached hydrogens (tertiary/aromatic N) is 2. The van der Waals surface area contributed by atoms with E-state index < -0.39 is 5.79 Å². The second kappa shape index (κ2) is 7.86. The number of para-hydroxylation sites is 2. The second-order valence-corrected chi connectivity index (χ2v) is 6.12. The molecule has 0 aliphatic heterocycles. The minimum absolute atomic E-state index is 0.00439. The Kier molecular flexibility index (Phi) is 5.56. The Labute approximate surface area is 154 Å². The zero-order valence-electron chi connectivity index (χ0n) is 15.6. The quantitative estimate of drug-likeness (QED) is 0.469. The minimum atomic E-state index is -0.476. The highest BCUT2D eigenvalue weighted by Crippen LogP contribution is 2.26. The van der Waals surface area contributed by atoms with Gasteiger partial charge < -0.3 is 5.11 Å². The summed E-state index contributed by atoms with van der Waals surface area (Å²) in [6, 6.07) is 15.8. The van der Waals surface area contributed by atoms with Crippen LogP contribution < -0.4 is 16.0 Å². The van der Waals surface area contributed by atoms with Crippen molar-refractivity contribution in [2.24, 2.45) is 0 Å². The van der Waals surface area contributed by atoms with Gasteiger partial charge in [0, 0.05) is 5.56 Å². The molecule has 2 aromatic carbocycles. The van der Waals surface area contributed by atoms with Crippen molar-refractivity contribution in [2.75, 3.05) is 19.6 Å². The Balaban J connectivity index is 2.02. The van der Waals surface area contributed by atoms with Gasteiger partial charge >= 0.3 is 0 Å². The largest absolute Gasteiger partial charge is 0.480 e. The van der Waals surface area contributed by atoms with Gasteiger partial charge in [-0.25, -0.2) is 0 Å². The topological polar surface area (TPSA) is 74.1 Å². The fraction of sp³-hybridized carbons (Fsp3) is 0.350. The molecule has 0 radical (unpaired) electrons. The van der Waals surface area contributed by atoms with Crippen molar-refractivity contribution in [1.29, 1.82) is 0 Å². The Morgan fingerprint density at radius 3 is 2.04 bits per heavy atom. The maximum atomic E-state index is 10.3. The third-order valence-corrected chi connectivity index (χ3v) is 4.43. The van der Waals surface area contributed by atoms with Gasteiger partial charge in [-0.3, -0.25) is 20.5 Å². The van der Waals surface area contributed by atoms with Gasteiger partial charge in [0.1, 0.15) is 0 Å². The number of hydrogen-bond acceptors (Lipinski definition) is 5. The highest BCUT2D eigenvalue weighted by atomic mass is 16.3. The zero-order valence-corrected chi connectivity index (χ0v) is 15.6. The highest BCUT2D eigenvalue weighted by molar-refractivity contribution is 5.78. The summed E-state index contributed by atoms with van der Waals surface area (Å²) in [7, 11) is 0. The first kappa shape index (κ1) is 18.4. The molecule has 0 atom stereocenters. The average molecular weight is 353 g/mol. The van der Waals surface area contributed by atoms with Crippen LogP contribution in [0.25, 0.3) is 16.7 Å². The molecule has 3 rings (SSSR count). The summed E-state index contributed by atoms with van der Waals surface area (Å²) in [6.07, 6.45) is 0. The van der Waals surface area contributed by atoms with Crippen molar-refractivity contribution in [3.63, 3.8) is 0 Å². The van der Waals surface area contributed by atoms with Gasteiger partial charge in [0.15, 0.2) is 5.79 Å². The lowest BCUT2D eigenvalue weighted by atomic mass is 10.1. The standard InChI is InChI=1S/C20H27N5O/c1-4-21-20(22-5-2,23-6-3)15-11-13-16(14-12-15)25-18-10-8-7-9-17(18)24-19(25)26/h7-14,21-23H,4-6H2,1-3H3,(H,24,26). The van der Waals surface area contributed by atoms with Gasteiger partial charge in [-0.05, 0) is 43.9 Å². The first-order chi connectivity index (χ1) is 12.6. The summed E-state index contributed by atoms with van der Waals surface area (Å²) in [6.45, 7) is 8.76. The van der Waals surface area contributed by atoms with Crippen LogP contribution in [0.4, 0.5) is 0 Å². The summed E-state index contributed by atoms with van der Waals surface area (Å²) in [5.74, 6) is -0.476. The van der Waals surface area contributed by atoms with Crippen molar-refractivity contribution in [2.45, 2.75) is 26.6 Å². The van der Waals surface area contributed by atoms with E-state index in [4.69, 9.17) is 0 Å². The number of fused-ring (bicyclic) bond motifs is 1. The molecule has 4 N–H and O–H groups in total. The molecule has 0 aliphatic rings. The summed E-state index contributed by atoms with van der Waals surface area (Å²) < 4.78 is 1.76. The molecule has 0 saturated carbocycles. The fourth-order valence-electron chi connectivity index (χ4n) is 3.42. The number of benzene rings is 2. The fourth-order valence-corrected chi connectivity index (χ4v) is 3.42. The number of hydrogen-bond donors (Lipinski definition) is 4. The van der Waals surface area contributed by atoms with Crippen LogP contribution in [0.15, 0.2) is 48.5 Å². The van der Waals surface area contributed by atoms with Crippen LogP contribution in [0.1, 0.15) is 26.3 Å². The number of aromatic hydroxyl groups is 1. The van der Waals surface area contributed by atoms with Crippen molar-refractivity contribution < 1.29 is 5.11 Å². The van der Waals surface area contributed by atoms with Crippen LogP contribution in [0.2, 0.25) is 0 Å². The normalized spacial score (nSPS) is 12.0. The minimum Gasteiger partial charge on any atom is -0.480 e. The molecule has 3 aromatic rings. The van der Waals surface area contributed by atoms with Crippen LogP contribution in [-0.4, -0.2) is 34.3 Å². The van der Waals surface area contributed by atoms with Gasteiger partial charge in [0.05, 0.1) is 16.7 Å². The monoisotopic (exact) mass is 353 g/mol. The molecule has 26 heavy (non-hydrogen) atoms. The third kappa shape index (κ3) is 3.31. The molecule has 0 spiro atoms. The van der Waals surface area contributed by atoms with Crippen LogP contribution in [-0.2, 0) is 5.79 Å². The van der Waals surface area contributed by atoms with Crippen LogP contribution in [0.5, 0.6) is 6.01 Å². The van der Waals surface area contributed by atoms with E-state index in [0.717, 1.165) is 41.9 Å². The van der Waals surface area contributed by atoms with Crippen molar-refractivity contribution in [3.05, 3.63) is 54.1 Å². The molecule has 6 nitrogen and oxygen atoms in total. The lowest BCUT2D eigenvalue weighted by Crippen LogP contribution is -2.63. The van der Waals surface area contributed by atoms with Gasteiger partial charge in [0.25, 0.3) is 6.01 Å². The molecule has 1 aromatic heterocycles. The van der Waals surface area contributed by atoms with E-state index >= 15 is 0 Å². The lowest BCUT2D eigenvalue weighted by Gasteiger charge is -2.37. The SMILES string of the molecule is CCNC(NCC)(NCC)c1ccc(-n2c(O)nc3ccccc32)cc1. The second-order valence-electron chi connectivity index (χ2n) is 6.12. The van der Waals surface area contributed by atoms with Gasteiger partial charge in [-0.2, -0.15) is 4.98 Å².